The molecule has 0 aliphatic heterocycles. The molecule has 0 bridgehead atoms. The lowest BCUT2D eigenvalue weighted by Crippen LogP contribution is -1.99. The minimum absolute atomic E-state index is 0.299. The van der Waals surface area contributed by atoms with E-state index in [2.05, 4.69) is 9.97 Å². The molecule has 1 heterocycles. The van der Waals surface area contributed by atoms with Gasteiger partial charge in [0.15, 0.2) is 0 Å². The minimum Gasteiger partial charge on any atom is -0.368 e. The third-order valence-electron chi connectivity index (χ3n) is 2.66. The van der Waals surface area contributed by atoms with Crippen molar-refractivity contribution in [2.24, 2.45) is 5.92 Å². The summed E-state index contributed by atoms with van der Waals surface area (Å²) in [5, 5.41) is 1.42. The maximum absolute atomic E-state index is 5.98. The fraction of sp³-hybridized carbons (Fsp3) is 0.600. The molecule has 15 heavy (non-hydrogen) atoms. The number of hydrogen-bond donors (Lipinski definition) is 1. The Morgan fingerprint density at radius 3 is 2.93 bits per heavy atom. The second kappa shape index (κ2) is 5.03. The smallest absolute Gasteiger partial charge is 0.221 e. The molecule has 2 N–H and O–H groups in total. The van der Waals surface area contributed by atoms with Crippen molar-refractivity contribution in [3.63, 3.8) is 0 Å². The van der Waals surface area contributed by atoms with Gasteiger partial charge in [0.1, 0.15) is 5.03 Å². The van der Waals surface area contributed by atoms with E-state index in [1.807, 2.05) is 0 Å². The molecule has 0 radical (unpaired) electrons. The summed E-state index contributed by atoms with van der Waals surface area (Å²) in [7, 11) is 0. The fourth-order valence-electron chi connectivity index (χ4n) is 1.84. The van der Waals surface area contributed by atoms with Gasteiger partial charge in [-0.2, -0.15) is 0 Å². The van der Waals surface area contributed by atoms with E-state index in [1.54, 1.807) is 18.0 Å². The minimum atomic E-state index is 0.299. The lowest BCUT2D eigenvalue weighted by molar-refractivity contribution is 0.623. The van der Waals surface area contributed by atoms with E-state index in [4.69, 9.17) is 17.3 Å². The first-order valence-corrected chi connectivity index (χ1v) is 6.53. The monoisotopic (exact) mass is 243 g/mol. The molecule has 3 nitrogen and oxygen atoms in total. The maximum Gasteiger partial charge on any atom is 0.221 e. The van der Waals surface area contributed by atoms with Crippen molar-refractivity contribution in [2.75, 3.05) is 11.5 Å². The van der Waals surface area contributed by atoms with Gasteiger partial charge in [-0.3, -0.25) is 0 Å². The van der Waals surface area contributed by atoms with Crippen LogP contribution in [0.2, 0.25) is 5.02 Å². The molecular formula is C10H14ClN3S. The van der Waals surface area contributed by atoms with Crippen LogP contribution in [-0.4, -0.2) is 15.7 Å². The van der Waals surface area contributed by atoms with Crippen LogP contribution in [0.4, 0.5) is 5.95 Å². The van der Waals surface area contributed by atoms with Crippen molar-refractivity contribution in [2.45, 2.75) is 30.7 Å². The van der Waals surface area contributed by atoms with Gasteiger partial charge < -0.3 is 5.73 Å². The molecule has 0 amide bonds. The highest BCUT2D eigenvalue weighted by molar-refractivity contribution is 7.99. The molecule has 1 saturated carbocycles. The first kappa shape index (κ1) is 11.0. The summed E-state index contributed by atoms with van der Waals surface area (Å²) in [5.74, 6) is 2.21. The number of halogens is 1. The van der Waals surface area contributed by atoms with Gasteiger partial charge in [-0.05, 0) is 18.8 Å². The zero-order valence-electron chi connectivity index (χ0n) is 8.45. The van der Waals surface area contributed by atoms with Crippen LogP contribution in [0.25, 0.3) is 0 Å². The van der Waals surface area contributed by atoms with Crippen molar-refractivity contribution >= 4 is 29.3 Å². The summed E-state index contributed by atoms with van der Waals surface area (Å²) in [6, 6.07) is 0. The third kappa shape index (κ3) is 2.98. The quantitative estimate of drug-likeness (QED) is 0.655. The van der Waals surface area contributed by atoms with Gasteiger partial charge in [0, 0.05) is 5.75 Å². The Morgan fingerprint density at radius 1 is 1.47 bits per heavy atom. The summed E-state index contributed by atoms with van der Waals surface area (Å²) in [6.07, 6.45) is 6.98. The highest BCUT2D eigenvalue weighted by atomic mass is 35.5. The normalized spacial score (nSPS) is 17.1. The fourth-order valence-corrected chi connectivity index (χ4v) is 3.17. The van der Waals surface area contributed by atoms with E-state index >= 15 is 0 Å². The number of aromatic nitrogens is 2. The molecule has 82 valence electrons. The topological polar surface area (TPSA) is 51.8 Å². The van der Waals surface area contributed by atoms with E-state index < -0.39 is 0 Å². The number of nitrogen functional groups attached to an aromatic ring is 1. The third-order valence-corrected chi connectivity index (χ3v) is 4.27. The Kier molecular flexibility index (Phi) is 3.70. The van der Waals surface area contributed by atoms with E-state index in [0.717, 1.165) is 16.7 Å². The highest BCUT2D eigenvalue weighted by Gasteiger charge is 2.16. The van der Waals surface area contributed by atoms with Crippen LogP contribution < -0.4 is 5.73 Å². The number of thioether (sulfide) groups is 1. The predicted molar refractivity (Wildman–Crippen MR) is 64.1 cm³/mol. The average molecular weight is 244 g/mol. The van der Waals surface area contributed by atoms with Gasteiger partial charge >= 0.3 is 0 Å². The Hall–Kier alpha value is -0.480. The Bertz CT molecular complexity index is 339. The molecule has 1 aromatic rings. The van der Waals surface area contributed by atoms with Crippen LogP contribution in [0.1, 0.15) is 25.7 Å². The Labute approximate surface area is 98.8 Å². The molecule has 0 aromatic carbocycles. The van der Waals surface area contributed by atoms with Crippen molar-refractivity contribution in [3.05, 3.63) is 11.2 Å². The number of rotatable bonds is 3. The summed E-state index contributed by atoms with van der Waals surface area (Å²) >= 11 is 7.68. The van der Waals surface area contributed by atoms with E-state index in [9.17, 15) is 0 Å². The van der Waals surface area contributed by atoms with Gasteiger partial charge in [-0.25, -0.2) is 9.97 Å². The SMILES string of the molecule is Nc1ncc(Cl)c(SCC2CCCC2)n1. The summed E-state index contributed by atoms with van der Waals surface area (Å²) < 4.78 is 0. The van der Waals surface area contributed by atoms with Gasteiger partial charge in [0.2, 0.25) is 5.95 Å². The van der Waals surface area contributed by atoms with E-state index in [-0.39, 0.29) is 0 Å². The molecular weight excluding hydrogens is 230 g/mol. The lowest BCUT2D eigenvalue weighted by Gasteiger charge is -2.08. The molecule has 1 aliphatic rings. The lowest BCUT2D eigenvalue weighted by atomic mass is 10.1. The molecule has 5 heteroatoms. The predicted octanol–water partition coefficient (Wildman–Crippen LogP) is 2.99. The Balaban J connectivity index is 1.94. The molecule has 0 atom stereocenters. The summed E-state index contributed by atoms with van der Waals surface area (Å²) in [4.78, 5) is 7.97. The molecule has 1 aromatic heterocycles. The second-order valence-corrected chi connectivity index (χ2v) is 5.26. The van der Waals surface area contributed by atoms with Crippen LogP contribution in [0.3, 0.4) is 0 Å². The summed E-state index contributed by atoms with van der Waals surface area (Å²) in [5.41, 5.74) is 5.52. The van der Waals surface area contributed by atoms with Crippen molar-refractivity contribution in [1.29, 1.82) is 0 Å². The van der Waals surface area contributed by atoms with Crippen LogP contribution in [0, 0.1) is 5.92 Å². The van der Waals surface area contributed by atoms with E-state index in [0.29, 0.717) is 11.0 Å². The number of nitrogens with two attached hydrogens (primary N) is 1. The van der Waals surface area contributed by atoms with Crippen molar-refractivity contribution in [3.8, 4) is 0 Å². The van der Waals surface area contributed by atoms with Crippen LogP contribution in [-0.2, 0) is 0 Å². The molecule has 0 unspecified atom stereocenters. The van der Waals surface area contributed by atoms with Crippen LogP contribution >= 0.6 is 23.4 Å². The number of nitrogens with zero attached hydrogens (tertiary/aromatic N) is 2. The molecule has 1 fully saturated rings. The maximum atomic E-state index is 5.98. The molecule has 0 saturated heterocycles. The van der Waals surface area contributed by atoms with Gasteiger partial charge in [0.05, 0.1) is 11.2 Å². The highest BCUT2D eigenvalue weighted by Crippen LogP contribution is 2.32. The van der Waals surface area contributed by atoms with Gasteiger partial charge in [-0.15, -0.1) is 11.8 Å². The zero-order chi connectivity index (χ0) is 10.7. The largest absolute Gasteiger partial charge is 0.368 e. The number of anilines is 1. The van der Waals surface area contributed by atoms with Crippen LogP contribution in [0.5, 0.6) is 0 Å². The molecule has 1 aliphatic carbocycles. The van der Waals surface area contributed by atoms with Gasteiger partial charge in [-0.1, -0.05) is 24.4 Å². The van der Waals surface area contributed by atoms with E-state index in [1.165, 1.54) is 25.7 Å². The molecule has 0 spiro atoms. The first-order chi connectivity index (χ1) is 7.25. The Morgan fingerprint density at radius 2 is 2.20 bits per heavy atom. The number of hydrogen-bond acceptors (Lipinski definition) is 4. The average Bonchev–Trinajstić information content (AvgIpc) is 2.72. The molecule has 2 rings (SSSR count). The second-order valence-electron chi connectivity index (χ2n) is 3.84. The summed E-state index contributed by atoms with van der Waals surface area (Å²) in [6.45, 7) is 0. The first-order valence-electron chi connectivity index (χ1n) is 5.16. The van der Waals surface area contributed by atoms with Gasteiger partial charge in [0.25, 0.3) is 0 Å². The van der Waals surface area contributed by atoms with Crippen LogP contribution in [0.15, 0.2) is 11.2 Å². The standard InChI is InChI=1S/C10H14ClN3S/c11-8-5-13-10(12)14-9(8)15-6-7-3-1-2-4-7/h5,7H,1-4,6H2,(H2,12,13,14). The zero-order valence-corrected chi connectivity index (χ0v) is 10.0. The van der Waals surface area contributed by atoms with Crippen molar-refractivity contribution < 1.29 is 0 Å². The van der Waals surface area contributed by atoms with Crippen molar-refractivity contribution in [1.82, 2.24) is 9.97 Å².